The number of nitrogens with two attached hydrogens (primary N) is 1. The van der Waals surface area contributed by atoms with Gasteiger partial charge < -0.3 is 5.73 Å². The normalized spacial score (nSPS) is 14.7. The molecule has 0 amide bonds. The summed E-state index contributed by atoms with van der Waals surface area (Å²) in [5, 5.41) is 8.60. The Bertz CT molecular complexity index is 366. The Hall–Kier alpha value is -1.47. The molecule has 0 radical (unpaired) electrons. The molecule has 1 unspecified atom stereocenters. The molecule has 0 aromatic heterocycles. The van der Waals surface area contributed by atoms with E-state index in [2.05, 4.69) is 0 Å². The van der Waals surface area contributed by atoms with Crippen molar-refractivity contribution in [1.82, 2.24) is 0 Å². The van der Waals surface area contributed by atoms with E-state index in [9.17, 15) is 8.78 Å². The topological polar surface area (TPSA) is 49.8 Å². The molecule has 1 aromatic rings. The van der Waals surface area contributed by atoms with Crippen molar-refractivity contribution in [2.75, 3.05) is 0 Å². The molecular formula is C9H8F2N2. The number of benzene rings is 1. The summed E-state index contributed by atoms with van der Waals surface area (Å²) in [7, 11) is 0. The number of hydrogen-bond donors (Lipinski definition) is 1. The van der Waals surface area contributed by atoms with Crippen LogP contribution in [0.1, 0.15) is 12.5 Å². The molecule has 0 saturated carbocycles. The van der Waals surface area contributed by atoms with Crippen LogP contribution in [0.15, 0.2) is 18.2 Å². The lowest BCUT2D eigenvalue weighted by Crippen LogP contribution is -2.32. The van der Waals surface area contributed by atoms with Gasteiger partial charge in [-0.05, 0) is 25.1 Å². The smallest absolute Gasteiger partial charge is 0.129 e. The Balaban J connectivity index is 3.30. The molecule has 2 nitrogen and oxygen atoms in total. The molecule has 2 N–H and O–H groups in total. The standard InChI is InChI=1S/C9H8F2N2/c1-9(13,5-12)7-4-6(10)2-3-8(7)11/h2-4H,13H2,1H3. The third kappa shape index (κ3) is 1.82. The third-order valence-electron chi connectivity index (χ3n) is 1.72. The summed E-state index contributed by atoms with van der Waals surface area (Å²) in [6.45, 7) is 1.32. The number of nitriles is 1. The van der Waals surface area contributed by atoms with Gasteiger partial charge in [0, 0.05) is 5.56 Å². The lowest BCUT2D eigenvalue weighted by atomic mass is 9.94. The van der Waals surface area contributed by atoms with Crippen molar-refractivity contribution in [3.63, 3.8) is 0 Å². The summed E-state index contributed by atoms with van der Waals surface area (Å²) in [5.41, 5.74) is 3.82. The molecule has 0 saturated heterocycles. The molecule has 0 aliphatic carbocycles. The van der Waals surface area contributed by atoms with Crippen molar-refractivity contribution >= 4 is 0 Å². The first-order chi connectivity index (χ1) is 5.97. The predicted molar refractivity (Wildman–Crippen MR) is 43.5 cm³/mol. The van der Waals surface area contributed by atoms with E-state index in [1.54, 1.807) is 6.07 Å². The van der Waals surface area contributed by atoms with Crippen LogP contribution >= 0.6 is 0 Å². The van der Waals surface area contributed by atoms with Crippen molar-refractivity contribution < 1.29 is 8.78 Å². The Labute approximate surface area is 74.6 Å². The van der Waals surface area contributed by atoms with Crippen molar-refractivity contribution in [2.24, 2.45) is 5.73 Å². The quantitative estimate of drug-likeness (QED) is 0.718. The van der Waals surface area contributed by atoms with E-state index in [0.29, 0.717) is 0 Å². The molecule has 1 atom stereocenters. The van der Waals surface area contributed by atoms with Crippen LogP contribution in [-0.2, 0) is 5.54 Å². The second-order valence-corrected chi connectivity index (χ2v) is 2.94. The van der Waals surface area contributed by atoms with Gasteiger partial charge >= 0.3 is 0 Å². The zero-order chi connectivity index (χ0) is 10.1. The first kappa shape index (κ1) is 9.62. The van der Waals surface area contributed by atoms with Gasteiger partial charge in [-0.3, -0.25) is 0 Å². The SMILES string of the molecule is CC(N)(C#N)c1cc(F)ccc1F. The highest BCUT2D eigenvalue weighted by Crippen LogP contribution is 2.20. The van der Waals surface area contributed by atoms with Gasteiger partial charge in [0.15, 0.2) is 0 Å². The second-order valence-electron chi connectivity index (χ2n) is 2.94. The van der Waals surface area contributed by atoms with Crippen LogP contribution in [-0.4, -0.2) is 0 Å². The van der Waals surface area contributed by atoms with Crippen LogP contribution < -0.4 is 5.73 Å². The summed E-state index contributed by atoms with van der Waals surface area (Å²) in [5.74, 6) is -1.28. The van der Waals surface area contributed by atoms with Crippen molar-refractivity contribution in [3.8, 4) is 6.07 Å². The number of rotatable bonds is 1. The lowest BCUT2D eigenvalue weighted by Gasteiger charge is -2.16. The van der Waals surface area contributed by atoms with Gasteiger partial charge in [0.25, 0.3) is 0 Å². The zero-order valence-corrected chi connectivity index (χ0v) is 7.01. The molecular weight excluding hydrogens is 174 g/mol. The Morgan fingerprint density at radius 2 is 2.08 bits per heavy atom. The van der Waals surface area contributed by atoms with Crippen LogP contribution in [0.3, 0.4) is 0 Å². The van der Waals surface area contributed by atoms with Gasteiger partial charge in [0.2, 0.25) is 0 Å². The van der Waals surface area contributed by atoms with Gasteiger partial charge in [-0.2, -0.15) is 5.26 Å². The summed E-state index contributed by atoms with van der Waals surface area (Å²) < 4.78 is 25.7. The zero-order valence-electron chi connectivity index (χ0n) is 7.01. The second kappa shape index (κ2) is 3.11. The Kier molecular flexibility index (Phi) is 2.30. The van der Waals surface area contributed by atoms with Gasteiger partial charge in [-0.1, -0.05) is 0 Å². The average molecular weight is 182 g/mol. The van der Waals surface area contributed by atoms with Crippen LogP contribution in [0.25, 0.3) is 0 Å². The minimum Gasteiger partial charge on any atom is -0.310 e. The fourth-order valence-electron chi connectivity index (χ4n) is 0.956. The molecule has 13 heavy (non-hydrogen) atoms. The average Bonchev–Trinajstić information content (AvgIpc) is 2.09. The molecule has 0 heterocycles. The van der Waals surface area contributed by atoms with E-state index in [1.165, 1.54) is 6.92 Å². The first-order valence-corrected chi connectivity index (χ1v) is 3.63. The van der Waals surface area contributed by atoms with Crippen molar-refractivity contribution in [3.05, 3.63) is 35.4 Å². The number of hydrogen-bond acceptors (Lipinski definition) is 2. The molecule has 0 aliphatic rings. The largest absolute Gasteiger partial charge is 0.310 e. The maximum Gasteiger partial charge on any atom is 0.129 e. The summed E-state index contributed by atoms with van der Waals surface area (Å²) in [6.07, 6.45) is 0. The summed E-state index contributed by atoms with van der Waals surface area (Å²) in [4.78, 5) is 0. The van der Waals surface area contributed by atoms with Gasteiger partial charge in [0.1, 0.15) is 17.2 Å². The maximum absolute atomic E-state index is 13.1. The minimum atomic E-state index is -1.49. The van der Waals surface area contributed by atoms with Gasteiger partial charge in [0.05, 0.1) is 6.07 Å². The molecule has 0 spiro atoms. The van der Waals surface area contributed by atoms with E-state index in [0.717, 1.165) is 18.2 Å². The third-order valence-corrected chi connectivity index (χ3v) is 1.72. The van der Waals surface area contributed by atoms with E-state index in [1.807, 2.05) is 0 Å². The summed E-state index contributed by atoms with van der Waals surface area (Å²) >= 11 is 0. The minimum absolute atomic E-state index is 0.130. The number of halogens is 2. The highest BCUT2D eigenvalue weighted by molar-refractivity contribution is 5.31. The lowest BCUT2D eigenvalue weighted by molar-refractivity contribution is 0.536. The highest BCUT2D eigenvalue weighted by Gasteiger charge is 2.24. The van der Waals surface area contributed by atoms with Gasteiger partial charge in [-0.25, -0.2) is 8.78 Å². The van der Waals surface area contributed by atoms with Crippen LogP contribution in [0.4, 0.5) is 8.78 Å². The molecule has 68 valence electrons. The molecule has 1 rings (SSSR count). The van der Waals surface area contributed by atoms with E-state index in [4.69, 9.17) is 11.0 Å². The van der Waals surface area contributed by atoms with E-state index < -0.39 is 17.2 Å². The van der Waals surface area contributed by atoms with Crippen molar-refractivity contribution in [1.29, 1.82) is 5.26 Å². The van der Waals surface area contributed by atoms with E-state index in [-0.39, 0.29) is 5.56 Å². The molecule has 0 aliphatic heterocycles. The summed E-state index contributed by atoms with van der Waals surface area (Å²) in [6, 6.07) is 4.56. The van der Waals surface area contributed by atoms with Crippen molar-refractivity contribution in [2.45, 2.75) is 12.5 Å². The molecule has 0 bridgehead atoms. The fraction of sp³-hybridized carbons (Fsp3) is 0.222. The highest BCUT2D eigenvalue weighted by atomic mass is 19.1. The Morgan fingerprint density at radius 1 is 1.46 bits per heavy atom. The van der Waals surface area contributed by atoms with Crippen LogP contribution in [0, 0.1) is 23.0 Å². The monoisotopic (exact) mass is 182 g/mol. The number of nitrogens with zero attached hydrogens (tertiary/aromatic N) is 1. The van der Waals surface area contributed by atoms with Gasteiger partial charge in [-0.15, -0.1) is 0 Å². The maximum atomic E-state index is 13.1. The molecule has 4 heteroatoms. The predicted octanol–water partition coefficient (Wildman–Crippen LogP) is 1.66. The first-order valence-electron chi connectivity index (χ1n) is 3.63. The Morgan fingerprint density at radius 3 is 2.62 bits per heavy atom. The molecule has 1 aromatic carbocycles. The molecule has 0 fully saturated rings. The van der Waals surface area contributed by atoms with Crippen LogP contribution in [0.5, 0.6) is 0 Å². The fourth-order valence-corrected chi connectivity index (χ4v) is 0.956. The van der Waals surface area contributed by atoms with Crippen LogP contribution in [0.2, 0.25) is 0 Å². The van der Waals surface area contributed by atoms with E-state index >= 15 is 0 Å².